The Hall–Kier alpha value is -1.68. The van der Waals surface area contributed by atoms with Crippen molar-refractivity contribution >= 4 is 23.7 Å². The first kappa shape index (κ1) is 15.7. The number of nitrogens with two attached hydrogens (primary N) is 1. The van der Waals surface area contributed by atoms with Crippen molar-refractivity contribution in [2.45, 2.75) is 32.5 Å². The predicted octanol–water partition coefficient (Wildman–Crippen LogP) is 1.03. The number of anilines is 1. The van der Waals surface area contributed by atoms with E-state index in [1.165, 1.54) is 6.33 Å². The minimum Gasteiger partial charge on any atom is -0.394 e. The maximum Gasteiger partial charge on any atom is 0.298 e. The number of aliphatic hydroxyl groups excluding tert-OH is 1. The van der Waals surface area contributed by atoms with Crippen LogP contribution in [0.3, 0.4) is 0 Å². The number of aromatic nitrogens is 2. The largest absolute Gasteiger partial charge is 0.394 e. The number of hydrogen-bond acceptors (Lipinski definition) is 7. The number of nitrogens with zero attached hydrogens (tertiary/aromatic N) is 4. The standard InChI is InChI=1S/C9H11FN5O2.C3H8O/c10-16-3-6-1-2-15(17-6)5-14-7-8(11)12-4-13-9(7)15;1-3(2)4/h4-6H,1-3H2,(H2,11,12,13);3-4H,1-2H3/q+1;. The molecular formula is C12H19FN5O3+. The number of nitrogen functional groups attached to an aromatic ring is 1. The number of fused-ring (bicyclic) bond motifs is 2. The van der Waals surface area contributed by atoms with E-state index in [1.54, 1.807) is 20.2 Å². The first-order valence-corrected chi connectivity index (χ1v) is 6.62. The molecule has 2 atom stereocenters. The summed E-state index contributed by atoms with van der Waals surface area (Å²) in [6.45, 7) is 3.98. The average molecular weight is 300 g/mol. The van der Waals surface area contributed by atoms with Crippen LogP contribution in [0.4, 0.5) is 21.8 Å². The van der Waals surface area contributed by atoms with Gasteiger partial charge < -0.3 is 10.8 Å². The Morgan fingerprint density at radius 3 is 2.95 bits per heavy atom. The number of aliphatic imine (C=N–C) groups is 1. The van der Waals surface area contributed by atoms with E-state index in [0.717, 1.165) is 0 Å². The van der Waals surface area contributed by atoms with Gasteiger partial charge in [-0.3, -0.25) is 0 Å². The molecule has 3 rings (SSSR count). The van der Waals surface area contributed by atoms with Gasteiger partial charge in [-0.05, 0) is 18.4 Å². The van der Waals surface area contributed by atoms with Crippen molar-refractivity contribution in [1.29, 1.82) is 0 Å². The van der Waals surface area contributed by atoms with Crippen LogP contribution in [0.2, 0.25) is 0 Å². The molecule has 8 nitrogen and oxygen atoms in total. The molecule has 3 N–H and O–H groups in total. The summed E-state index contributed by atoms with van der Waals surface area (Å²) in [6, 6.07) is 0. The number of halogens is 1. The molecule has 2 aliphatic heterocycles. The van der Waals surface area contributed by atoms with Gasteiger partial charge in [-0.25, -0.2) is 4.98 Å². The van der Waals surface area contributed by atoms with Crippen LogP contribution in [0.1, 0.15) is 20.3 Å². The Kier molecular flexibility index (Phi) is 4.78. The number of hydrogen-bond donors (Lipinski definition) is 2. The van der Waals surface area contributed by atoms with E-state index in [0.29, 0.717) is 30.3 Å². The molecule has 1 fully saturated rings. The number of aliphatic hydroxyl groups is 1. The monoisotopic (exact) mass is 300 g/mol. The van der Waals surface area contributed by atoms with Gasteiger partial charge in [-0.1, -0.05) is 4.65 Å². The Balaban J connectivity index is 0.000000361. The molecule has 2 aliphatic rings. The van der Waals surface area contributed by atoms with Gasteiger partial charge >= 0.3 is 0 Å². The summed E-state index contributed by atoms with van der Waals surface area (Å²) in [5.74, 6) is 0.911. The van der Waals surface area contributed by atoms with Crippen LogP contribution in [-0.2, 0) is 9.78 Å². The minimum absolute atomic E-state index is 0.0378. The minimum atomic E-state index is -0.311. The molecule has 1 aromatic heterocycles. The Labute approximate surface area is 121 Å². The summed E-state index contributed by atoms with van der Waals surface area (Å²) in [5, 5.41) is 8.06. The van der Waals surface area contributed by atoms with Gasteiger partial charge in [0.05, 0.1) is 0 Å². The number of hydroxylamine groups is 2. The van der Waals surface area contributed by atoms with Gasteiger partial charge in [0, 0.05) is 12.5 Å². The maximum atomic E-state index is 11.8. The summed E-state index contributed by atoms with van der Waals surface area (Å²) < 4.78 is 11.9. The average Bonchev–Trinajstić information content (AvgIpc) is 2.97. The molecule has 9 heteroatoms. The highest BCUT2D eigenvalue weighted by atomic mass is 19.3. The van der Waals surface area contributed by atoms with Crippen molar-refractivity contribution < 1.29 is 19.4 Å². The molecule has 116 valence electrons. The first-order valence-electron chi connectivity index (χ1n) is 6.62. The zero-order valence-corrected chi connectivity index (χ0v) is 11.9. The SMILES string of the molecule is CC(C)O.Nc1ncnc2c1N=C[N+]21CCC(COF)O1. The van der Waals surface area contributed by atoms with Crippen molar-refractivity contribution in [2.75, 3.05) is 18.9 Å². The van der Waals surface area contributed by atoms with Gasteiger partial charge in [-0.15, -0.1) is 0 Å². The molecule has 0 aliphatic carbocycles. The molecule has 0 saturated carbocycles. The lowest BCUT2D eigenvalue weighted by Gasteiger charge is -2.20. The molecule has 21 heavy (non-hydrogen) atoms. The third-order valence-electron chi connectivity index (χ3n) is 2.93. The van der Waals surface area contributed by atoms with Gasteiger partial charge in [0.2, 0.25) is 6.34 Å². The summed E-state index contributed by atoms with van der Waals surface area (Å²) in [7, 11) is 0. The second kappa shape index (κ2) is 6.39. The van der Waals surface area contributed by atoms with E-state index >= 15 is 0 Å². The van der Waals surface area contributed by atoms with Crippen molar-refractivity contribution in [1.82, 2.24) is 14.6 Å². The van der Waals surface area contributed by atoms with E-state index in [-0.39, 0.29) is 23.5 Å². The van der Waals surface area contributed by atoms with Gasteiger partial charge in [0.25, 0.3) is 5.82 Å². The zero-order valence-electron chi connectivity index (χ0n) is 11.9. The third kappa shape index (κ3) is 3.32. The number of rotatable bonds is 2. The predicted molar refractivity (Wildman–Crippen MR) is 75.2 cm³/mol. The van der Waals surface area contributed by atoms with E-state index in [1.807, 2.05) is 0 Å². The molecule has 1 saturated heterocycles. The van der Waals surface area contributed by atoms with Crippen LogP contribution in [0.25, 0.3) is 0 Å². The highest BCUT2D eigenvalue weighted by Crippen LogP contribution is 2.42. The molecule has 0 amide bonds. The van der Waals surface area contributed by atoms with Crippen molar-refractivity contribution in [3.05, 3.63) is 6.33 Å². The second-order valence-corrected chi connectivity index (χ2v) is 5.08. The first-order chi connectivity index (χ1) is 9.98. The molecule has 1 aromatic rings. The molecule has 2 unspecified atom stereocenters. The molecular weight excluding hydrogens is 281 g/mol. The zero-order chi connectivity index (χ0) is 15.5. The van der Waals surface area contributed by atoms with Crippen LogP contribution in [-0.4, -0.2) is 46.8 Å². The summed E-state index contributed by atoms with van der Waals surface area (Å²) in [4.78, 5) is 21.5. The summed E-state index contributed by atoms with van der Waals surface area (Å²) in [6.07, 6.45) is 3.16. The molecule has 3 heterocycles. The fourth-order valence-electron chi connectivity index (χ4n) is 2.12. The van der Waals surface area contributed by atoms with Crippen LogP contribution in [0.5, 0.6) is 0 Å². The van der Waals surface area contributed by atoms with Crippen LogP contribution < -0.4 is 10.4 Å². The van der Waals surface area contributed by atoms with E-state index < -0.39 is 0 Å². The van der Waals surface area contributed by atoms with Crippen molar-refractivity contribution in [3.63, 3.8) is 0 Å². The van der Waals surface area contributed by atoms with E-state index in [9.17, 15) is 4.53 Å². The van der Waals surface area contributed by atoms with E-state index in [2.05, 4.69) is 19.9 Å². The fourth-order valence-corrected chi connectivity index (χ4v) is 2.12. The normalized spacial score (nSPS) is 26.0. The van der Waals surface area contributed by atoms with Gasteiger partial charge in [-0.2, -0.15) is 19.8 Å². The number of quaternary nitrogens is 1. The molecule has 0 bridgehead atoms. The Bertz CT molecular complexity index is 525. The smallest absolute Gasteiger partial charge is 0.298 e. The lowest BCUT2D eigenvalue weighted by atomic mass is 10.3. The van der Waals surface area contributed by atoms with E-state index in [4.69, 9.17) is 15.7 Å². The summed E-state index contributed by atoms with van der Waals surface area (Å²) in [5.41, 5.74) is 6.22. The Morgan fingerprint density at radius 1 is 1.57 bits per heavy atom. The van der Waals surface area contributed by atoms with Crippen molar-refractivity contribution in [3.8, 4) is 0 Å². The van der Waals surface area contributed by atoms with Crippen LogP contribution >= 0.6 is 0 Å². The van der Waals surface area contributed by atoms with Gasteiger partial charge in [0.1, 0.15) is 19.5 Å². The van der Waals surface area contributed by atoms with Crippen molar-refractivity contribution in [2.24, 2.45) is 4.99 Å². The fraction of sp³-hybridized carbons (Fsp3) is 0.583. The van der Waals surface area contributed by atoms with Crippen LogP contribution in [0.15, 0.2) is 11.3 Å². The second-order valence-electron chi connectivity index (χ2n) is 5.08. The lowest BCUT2D eigenvalue weighted by Crippen LogP contribution is -2.43. The quantitative estimate of drug-likeness (QED) is 0.791. The molecule has 1 spiro atoms. The van der Waals surface area contributed by atoms with Gasteiger partial charge in [0.15, 0.2) is 17.6 Å². The lowest BCUT2D eigenvalue weighted by molar-refractivity contribution is -0.183. The topological polar surface area (TPSA) is 103 Å². The molecule has 0 aromatic carbocycles. The highest BCUT2D eigenvalue weighted by molar-refractivity contribution is 5.89. The third-order valence-corrected chi connectivity index (χ3v) is 2.93. The molecule has 0 radical (unpaired) electrons. The summed E-state index contributed by atoms with van der Waals surface area (Å²) >= 11 is 0. The Morgan fingerprint density at radius 2 is 2.29 bits per heavy atom. The van der Waals surface area contributed by atoms with Crippen LogP contribution in [0, 0.1) is 0 Å². The highest BCUT2D eigenvalue weighted by Gasteiger charge is 2.49. The maximum absolute atomic E-state index is 11.8.